The van der Waals surface area contributed by atoms with Gasteiger partial charge >= 0.3 is 6.03 Å². The van der Waals surface area contributed by atoms with Crippen molar-refractivity contribution in [3.05, 3.63) is 65.2 Å². The van der Waals surface area contributed by atoms with Gasteiger partial charge in [-0.3, -0.25) is 5.01 Å². The number of rotatable bonds is 2. The Hall–Kier alpha value is -2.53. The van der Waals surface area contributed by atoms with E-state index in [0.717, 1.165) is 44.7 Å². The van der Waals surface area contributed by atoms with E-state index < -0.39 is 0 Å². The molecule has 4 rings (SSSR count). The number of anilines is 1. The maximum atomic E-state index is 13.0. The van der Waals surface area contributed by atoms with Crippen LogP contribution < -0.4 is 10.4 Å². The highest BCUT2D eigenvalue weighted by Crippen LogP contribution is 2.38. The molecule has 0 saturated carbocycles. The SMILES string of the molecule is Cc1ccccc1C1CCc2ccccc2N1NC(=O)N1CCN(C)CC1. The number of hydrazine groups is 1. The van der Waals surface area contributed by atoms with Gasteiger partial charge in [0.25, 0.3) is 0 Å². The van der Waals surface area contributed by atoms with Crippen molar-refractivity contribution in [1.82, 2.24) is 15.2 Å². The van der Waals surface area contributed by atoms with Crippen LogP contribution in [0, 0.1) is 6.92 Å². The van der Waals surface area contributed by atoms with Crippen LogP contribution in [0.25, 0.3) is 0 Å². The van der Waals surface area contributed by atoms with Gasteiger partial charge in [-0.15, -0.1) is 0 Å². The third kappa shape index (κ3) is 3.65. The molecule has 2 aromatic rings. The summed E-state index contributed by atoms with van der Waals surface area (Å²) in [5.74, 6) is 0. The molecule has 0 aliphatic carbocycles. The molecule has 1 unspecified atom stereocenters. The maximum Gasteiger partial charge on any atom is 0.336 e. The van der Waals surface area contributed by atoms with Gasteiger partial charge in [-0.05, 0) is 49.6 Å². The Kier molecular flexibility index (Phi) is 5.03. The second kappa shape index (κ2) is 7.61. The van der Waals surface area contributed by atoms with Crippen molar-refractivity contribution in [3.63, 3.8) is 0 Å². The number of nitrogens with zero attached hydrogens (tertiary/aromatic N) is 3. The average molecular weight is 364 g/mol. The molecule has 5 heteroatoms. The van der Waals surface area contributed by atoms with Crippen molar-refractivity contribution in [1.29, 1.82) is 0 Å². The summed E-state index contributed by atoms with van der Waals surface area (Å²) < 4.78 is 0. The quantitative estimate of drug-likeness (QED) is 0.888. The molecule has 1 saturated heterocycles. The molecule has 2 aliphatic heterocycles. The number of nitrogens with one attached hydrogen (secondary N) is 1. The van der Waals surface area contributed by atoms with Gasteiger partial charge < -0.3 is 9.80 Å². The summed E-state index contributed by atoms with van der Waals surface area (Å²) in [5, 5.41) is 2.10. The Morgan fingerprint density at radius 3 is 2.48 bits per heavy atom. The zero-order valence-electron chi connectivity index (χ0n) is 16.2. The molecule has 0 bridgehead atoms. The maximum absolute atomic E-state index is 13.0. The van der Waals surface area contributed by atoms with Gasteiger partial charge in [0.05, 0.1) is 11.7 Å². The van der Waals surface area contributed by atoms with Crippen molar-refractivity contribution in [2.24, 2.45) is 0 Å². The largest absolute Gasteiger partial charge is 0.336 e. The van der Waals surface area contributed by atoms with Crippen molar-refractivity contribution in [2.45, 2.75) is 25.8 Å². The number of urea groups is 1. The monoisotopic (exact) mass is 364 g/mol. The van der Waals surface area contributed by atoms with Gasteiger partial charge in [0, 0.05) is 26.2 Å². The van der Waals surface area contributed by atoms with Gasteiger partial charge in [-0.25, -0.2) is 10.2 Å². The van der Waals surface area contributed by atoms with Crippen molar-refractivity contribution in [3.8, 4) is 0 Å². The van der Waals surface area contributed by atoms with Crippen LogP contribution >= 0.6 is 0 Å². The molecule has 2 aromatic carbocycles. The van der Waals surface area contributed by atoms with E-state index in [9.17, 15) is 4.79 Å². The van der Waals surface area contributed by atoms with Crippen LogP contribution in [0.2, 0.25) is 0 Å². The van der Waals surface area contributed by atoms with E-state index in [1.165, 1.54) is 16.7 Å². The minimum atomic E-state index is -0.00149. The predicted octanol–water partition coefficient (Wildman–Crippen LogP) is 3.36. The van der Waals surface area contributed by atoms with Crippen molar-refractivity contribution < 1.29 is 4.79 Å². The highest BCUT2D eigenvalue weighted by Gasteiger charge is 2.31. The predicted molar refractivity (Wildman–Crippen MR) is 109 cm³/mol. The number of fused-ring (bicyclic) bond motifs is 1. The van der Waals surface area contributed by atoms with Crippen LogP contribution in [-0.2, 0) is 6.42 Å². The molecule has 1 N–H and O–H groups in total. The van der Waals surface area contributed by atoms with Crippen LogP contribution in [0.5, 0.6) is 0 Å². The van der Waals surface area contributed by atoms with E-state index in [4.69, 9.17) is 0 Å². The fraction of sp³-hybridized carbons (Fsp3) is 0.409. The number of carbonyl (C=O) groups excluding carboxylic acids is 1. The first-order valence-corrected chi connectivity index (χ1v) is 9.80. The number of para-hydroxylation sites is 1. The standard InChI is InChI=1S/C22H28N4O/c1-17-7-3-5-9-19(17)21-12-11-18-8-4-6-10-20(18)26(21)23-22(27)25-15-13-24(2)14-16-25/h3-10,21H,11-16H2,1-2H3,(H,23,27). The summed E-state index contributed by atoms with van der Waals surface area (Å²) in [7, 11) is 2.10. The lowest BCUT2D eigenvalue weighted by molar-refractivity contribution is 0.152. The molecule has 27 heavy (non-hydrogen) atoms. The molecule has 5 nitrogen and oxygen atoms in total. The number of likely N-dealkylation sites (N-methyl/N-ethyl adjacent to an activating group) is 1. The van der Waals surface area contributed by atoms with Crippen molar-refractivity contribution in [2.75, 3.05) is 38.2 Å². The highest BCUT2D eigenvalue weighted by atomic mass is 16.2. The van der Waals surface area contributed by atoms with Gasteiger partial charge in [-0.2, -0.15) is 0 Å². The van der Waals surface area contributed by atoms with Crippen LogP contribution in [0.15, 0.2) is 48.5 Å². The van der Waals surface area contributed by atoms with Gasteiger partial charge in [0.15, 0.2) is 0 Å². The number of amides is 2. The molecule has 142 valence electrons. The van der Waals surface area contributed by atoms with Crippen LogP contribution in [0.3, 0.4) is 0 Å². The lowest BCUT2D eigenvalue weighted by atomic mass is 9.90. The molecule has 0 radical (unpaired) electrons. The number of carbonyl (C=O) groups is 1. The molecule has 0 spiro atoms. The minimum Gasteiger partial charge on any atom is -0.321 e. The topological polar surface area (TPSA) is 38.8 Å². The minimum absolute atomic E-state index is 0.00149. The first-order valence-electron chi connectivity index (χ1n) is 9.80. The summed E-state index contributed by atoms with van der Waals surface area (Å²) in [6.45, 7) is 5.53. The Morgan fingerprint density at radius 1 is 1.00 bits per heavy atom. The summed E-state index contributed by atoms with van der Waals surface area (Å²) in [4.78, 5) is 17.2. The third-order valence-electron chi connectivity index (χ3n) is 5.80. The van der Waals surface area contributed by atoms with E-state index in [2.05, 4.69) is 71.8 Å². The van der Waals surface area contributed by atoms with Crippen LogP contribution in [0.4, 0.5) is 10.5 Å². The lowest BCUT2D eigenvalue weighted by Crippen LogP contribution is -2.56. The van der Waals surface area contributed by atoms with E-state index >= 15 is 0 Å². The zero-order chi connectivity index (χ0) is 18.8. The van der Waals surface area contributed by atoms with E-state index in [0.29, 0.717) is 0 Å². The number of hydrogen-bond acceptors (Lipinski definition) is 3. The van der Waals surface area contributed by atoms with Gasteiger partial charge in [0.2, 0.25) is 0 Å². The smallest absolute Gasteiger partial charge is 0.321 e. The van der Waals surface area contributed by atoms with E-state index in [1.807, 2.05) is 11.0 Å². The molecule has 2 aliphatic rings. The average Bonchev–Trinajstić information content (AvgIpc) is 2.69. The molecule has 1 atom stereocenters. The normalized spacial score (nSPS) is 20.3. The number of benzene rings is 2. The Morgan fingerprint density at radius 2 is 1.70 bits per heavy atom. The molecular weight excluding hydrogens is 336 g/mol. The number of hydrogen-bond donors (Lipinski definition) is 1. The Bertz CT molecular complexity index is 813. The molecule has 0 aromatic heterocycles. The first-order chi connectivity index (χ1) is 13.1. The fourth-order valence-corrected chi connectivity index (χ4v) is 4.12. The van der Waals surface area contributed by atoms with Gasteiger partial charge in [0.1, 0.15) is 0 Å². The van der Waals surface area contributed by atoms with E-state index in [1.54, 1.807) is 0 Å². The Labute approximate surface area is 161 Å². The third-order valence-corrected chi connectivity index (χ3v) is 5.80. The lowest BCUT2D eigenvalue weighted by Gasteiger charge is -2.41. The van der Waals surface area contributed by atoms with Crippen LogP contribution in [0.1, 0.15) is 29.2 Å². The molecular formula is C22H28N4O. The summed E-state index contributed by atoms with van der Waals surface area (Å²) in [6, 6.07) is 17.0. The zero-order valence-corrected chi connectivity index (χ0v) is 16.2. The fourth-order valence-electron chi connectivity index (χ4n) is 4.12. The van der Waals surface area contributed by atoms with E-state index in [-0.39, 0.29) is 12.1 Å². The Balaban J connectivity index is 1.62. The van der Waals surface area contributed by atoms with Crippen molar-refractivity contribution >= 4 is 11.7 Å². The highest BCUT2D eigenvalue weighted by molar-refractivity contribution is 5.77. The second-order valence-corrected chi connectivity index (χ2v) is 7.62. The number of aryl methyl sites for hydroxylation is 2. The second-order valence-electron chi connectivity index (χ2n) is 7.62. The molecule has 2 amide bonds. The first kappa shape index (κ1) is 17.9. The van der Waals surface area contributed by atoms with Gasteiger partial charge in [-0.1, -0.05) is 42.5 Å². The molecule has 2 heterocycles. The number of piperazine rings is 1. The van der Waals surface area contributed by atoms with Crippen LogP contribution in [-0.4, -0.2) is 49.1 Å². The molecule has 1 fully saturated rings. The summed E-state index contributed by atoms with van der Waals surface area (Å²) in [5.41, 5.74) is 8.19. The summed E-state index contributed by atoms with van der Waals surface area (Å²) >= 11 is 0. The summed E-state index contributed by atoms with van der Waals surface area (Å²) in [6.07, 6.45) is 2.01.